The summed E-state index contributed by atoms with van der Waals surface area (Å²) < 4.78 is 18.1. The third-order valence-electron chi connectivity index (χ3n) is 2.65. The van der Waals surface area contributed by atoms with E-state index in [1.54, 1.807) is 12.1 Å². The van der Waals surface area contributed by atoms with Gasteiger partial charge in [-0.3, -0.25) is 4.79 Å². The molecule has 3 nitrogen and oxygen atoms in total. The van der Waals surface area contributed by atoms with Crippen molar-refractivity contribution in [3.63, 3.8) is 0 Å². The summed E-state index contributed by atoms with van der Waals surface area (Å²) in [4.78, 5) is 11.9. The highest BCUT2D eigenvalue weighted by molar-refractivity contribution is 6.36. The van der Waals surface area contributed by atoms with Crippen molar-refractivity contribution < 1.29 is 13.9 Å². The number of rotatable bonds is 5. The first-order valence-electron chi connectivity index (χ1n) is 6.18. The zero-order valence-corrected chi connectivity index (χ0v) is 12.4. The van der Waals surface area contributed by atoms with Gasteiger partial charge in [0.1, 0.15) is 18.2 Å². The molecule has 0 unspecified atom stereocenters. The van der Waals surface area contributed by atoms with E-state index >= 15 is 0 Å². The predicted molar refractivity (Wildman–Crippen MR) is 80.7 cm³/mol. The molecule has 0 heterocycles. The largest absolute Gasteiger partial charge is 0.492 e. The van der Waals surface area contributed by atoms with Crippen LogP contribution in [0.4, 0.5) is 4.39 Å². The van der Waals surface area contributed by atoms with Crippen LogP contribution in [0, 0.1) is 5.82 Å². The van der Waals surface area contributed by atoms with Crippen molar-refractivity contribution in [2.24, 2.45) is 0 Å². The number of hydrogen-bond acceptors (Lipinski definition) is 2. The molecule has 1 amide bonds. The first kappa shape index (κ1) is 15.6. The molecular weight excluding hydrogens is 316 g/mol. The van der Waals surface area contributed by atoms with Crippen molar-refractivity contribution in [2.75, 3.05) is 13.2 Å². The molecule has 2 rings (SSSR count). The summed E-state index contributed by atoms with van der Waals surface area (Å²) in [6.07, 6.45) is 0. The third-order valence-corrected chi connectivity index (χ3v) is 3.19. The number of carbonyl (C=O) groups is 1. The molecule has 2 aromatic carbocycles. The van der Waals surface area contributed by atoms with E-state index in [1.807, 2.05) is 0 Å². The van der Waals surface area contributed by atoms with Crippen molar-refractivity contribution in [2.45, 2.75) is 0 Å². The van der Waals surface area contributed by atoms with E-state index in [0.29, 0.717) is 27.9 Å². The lowest BCUT2D eigenvalue weighted by Gasteiger charge is -2.08. The van der Waals surface area contributed by atoms with Crippen molar-refractivity contribution >= 4 is 29.1 Å². The lowest BCUT2D eigenvalue weighted by Crippen LogP contribution is -2.28. The van der Waals surface area contributed by atoms with Gasteiger partial charge in [0.25, 0.3) is 5.91 Å². The van der Waals surface area contributed by atoms with Crippen LogP contribution in [0.5, 0.6) is 5.75 Å². The van der Waals surface area contributed by atoms with Crippen LogP contribution in [0.2, 0.25) is 10.0 Å². The van der Waals surface area contributed by atoms with E-state index in [-0.39, 0.29) is 18.3 Å². The minimum Gasteiger partial charge on any atom is -0.492 e. The van der Waals surface area contributed by atoms with Crippen molar-refractivity contribution in [3.8, 4) is 5.75 Å². The number of hydrogen-bond donors (Lipinski definition) is 1. The molecule has 21 heavy (non-hydrogen) atoms. The van der Waals surface area contributed by atoms with E-state index in [4.69, 9.17) is 27.9 Å². The standard InChI is InChI=1S/C15H12Cl2FNO2/c16-10-1-6-13(14(17)9-10)15(20)19-7-8-21-12-4-2-11(18)3-5-12/h1-6,9H,7-8H2,(H,19,20). The molecule has 110 valence electrons. The molecule has 0 bridgehead atoms. The smallest absolute Gasteiger partial charge is 0.252 e. The second-order valence-electron chi connectivity index (χ2n) is 4.18. The number of halogens is 3. The van der Waals surface area contributed by atoms with Gasteiger partial charge in [0.2, 0.25) is 0 Å². The summed E-state index contributed by atoms with van der Waals surface area (Å²) in [5.41, 5.74) is 0.350. The molecule has 0 saturated heterocycles. The number of amides is 1. The van der Waals surface area contributed by atoms with Gasteiger partial charge in [-0.05, 0) is 42.5 Å². The summed E-state index contributed by atoms with van der Waals surface area (Å²) in [6, 6.07) is 10.3. The highest BCUT2D eigenvalue weighted by atomic mass is 35.5. The Morgan fingerprint density at radius 1 is 1.14 bits per heavy atom. The third kappa shape index (κ3) is 4.62. The van der Waals surface area contributed by atoms with E-state index in [9.17, 15) is 9.18 Å². The van der Waals surface area contributed by atoms with Crippen LogP contribution in [-0.4, -0.2) is 19.1 Å². The lowest BCUT2D eigenvalue weighted by atomic mass is 10.2. The maximum absolute atomic E-state index is 12.7. The van der Waals surface area contributed by atoms with Gasteiger partial charge in [-0.25, -0.2) is 4.39 Å². The molecule has 0 aliphatic rings. The van der Waals surface area contributed by atoms with Crippen molar-refractivity contribution in [1.29, 1.82) is 0 Å². The molecule has 0 saturated carbocycles. The molecule has 6 heteroatoms. The Morgan fingerprint density at radius 3 is 2.52 bits per heavy atom. The number of benzene rings is 2. The number of ether oxygens (including phenoxy) is 1. The molecule has 0 atom stereocenters. The second-order valence-corrected chi connectivity index (χ2v) is 5.03. The highest BCUT2D eigenvalue weighted by Gasteiger charge is 2.09. The van der Waals surface area contributed by atoms with Crippen LogP contribution in [0.25, 0.3) is 0 Å². The van der Waals surface area contributed by atoms with E-state index in [2.05, 4.69) is 5.32 Å². The molecular formula is C15H12Cl2FNO2. The summed E-state index contributed by atoms with van der Waals surface area (Å²) in [7, 11) is 0. The molecule has 2 aromatic rings. The minimum absolute atomic E-state index is 0.266. The summed E-state index contributed by atoms with van der Waals surface area (Å²) in [5, 5.41) is 3.44. The van der Waals surface area contributed by atoms with Gasteiger partial charge in [0.15, 0.2) is 0 Å². The quantitative estimate of drug-likeness (QED) is 0.844. The predicted octanol–water partition coefficient (Wildman–Crippen LogP) is 3.94. The summed E-state index contributed by atoms with van der Waals surface area (Å²) in [5.74, 6) is -0.0948. The van der Waals surface area contributed by atoms with Gasteiger partial charge in [-0.15, -0.1) is 0 Å². The number of nitrogens with one attached hydrogen (secondary N) is 1. The maximum Gasteiger partial charge on any atom is 0.252 e. The Kier molecular flexibility index (Phi) is 5.42. The summed E-state index contributed by atoms with van der Waals surface area (Å²) >= 11 is 11.7. The van der Waals surface area contributed by atoms with E-state index in [1.165, 1.54) is 30.3 Å². The monoisotopic (exact) mass is 327 g/mol. The van der Waals surface area contributed by atoms with Gasteiger partial charge in [0.05, 0.1) is 17.1 Å². The zero-order chi connectivity index (χ0) is 15.2. The Bertz CT molecular complexity index is 632. The van der Waals surface area contributed by atoms with Crippen LogP contribution in [0.3, 0.4) is 0 Å². The Labute approximate surface area is 131 Å². The minimum atomic E-state index is -0.326. The van der Waals surface area contributed by atoms with Gasteiger partial charge in [-0.2, -0.15) is 0 Å². The second kappa shape index (κ2) is 7.29. The molecule has 0 aromatic heterocycles. The van der Waals surface area contributed by atoms with Crippen LogP contribution in [-0.2, 0) is 0 Å². The maximum atomic E-state index is 12.7. The first-order chi connectivity index (χ1) is 10.1. The summed E-state index contributed by atoms with van der Waals surface area (Å²) in [6.45, 7) is 0.567. The first-order valence-corrected chi connectivity index (χ1v) is 6.93. The average molecular weight is 328 g/mol. The zero-order valence-electron chi connectivity index (χ0n) is 10.9. The molecule has 0 radical (unpaired) electrons. The fraction of sp³-hybridized carbons (Fsp3) is 0.133. The normalized spacial score (nSPS) is 10.2. The number of carbonyl (C=O) groups excluding carboxylic acids is 1. The van der Waals surface area contributed by atoms with Crippen molar-refractivity contribution in [3.05, 3.63) is 63.9 Å². The van der Waals surface area contributed by atoms with Gasteiger partial charge in [-0.1, -0.05) is 23.2 Å². The Hall–Kier alpha value is -1.78. The SMILES string of the molecule is O=C(NCCOc1ccc(F)cc1)c1ccc(Cl)cc1Cl. The molecule has 1 N–H and O–H groups in total. The Morgan fingerprint density at radius 2 is 1.86 bits per heavy atom. The van der Waals surface area contributed by atoms with Gasteiger partial charge < -0.3 is 10.1 Å². The average Bonchev–Trinajstić information content (AvgIpc) is 2.45. The van der Waals surface area contributed by atoms with Crippen LogP contribution >= 0.6 is 23.2 Å². The van der Waals surface area contributed by atoms with Crippen LogP contribution < -0.4 is 10.1 Å². The fourth-order valence-corrected chi connectivity index (χ4v) is 2.13. The van der Waals surface area contributed by atoms with Crippen LogP contribution in [0.1, 0.15) is 10.4 Å². The van der Waals surface area contributed by atoms with E-state index in [0.717, 1.165) is 0 Å². The van der Waals surface area contributed by atoms with Gasteiger partial charge in [0, 0.05) is 5.02 Å². The van der Waals surface area contributed by atoms with Crippen molar-refractivity contribution in [1.82, 2.24) is 5.32 Å². The van der Waals surface area contributed by atoms with E-state index < -0.39 is 0 Å². The van der Waals surface area contributed by atoms with Gasteiger partial charge >= 0.3 is 0 Å². The highest BCUT2D eigenvalue weighted by Crippen LogP contribution is 2.20. The molecule has 0 fully saturated rings. The van der Waals surface area contributed by atoms with Crippen LogP contribution in [0.15, 0.2) is 42.5 Å². The molecule has 0 aliphatic carbocycles. The Balaban J connectivity index is 1.80. The molecule has 0 spiro atoms. The topological polar surface area (TPSA) is 38.3 Å². The molecule has 0 aliphatic heterocycles. The fourth-order valence-electron chi connectivity index (χ4n) is 1.63. The lowest BCUT2D eigenvalue weighted by molar-refractivity contribution is 0.0947.